The summed E-state index contributed by atoms with van der Waals surface area (Å²) < 4.78 is 42.9. The fraction of sp³-hybridized carbons (Fsp3) is 0.136. The second-order valence-electron chi connectivity index (χ2n) is 6.52. The van der Waals surface area contributed by atoms with Gasteiger partial charge in [0.05, 0.1) is 10.5 Å². The van der Waals surface area contributed by atoms with Gasteiger partial charge >= 0.3 is 0 Å². The van der Waals surface area contributed by atoms with E-state index in [1.54, 1.807) is 36.4 Å². The maximum atomic E-state index is 13.3. The minimum atomic E-state index is -3.97. The van der Waals surface area contributed by atoms with Crippen molar-refractivity contribution in [3.8, 4) is 22.4 Å². The van der Waals surface area contributed by atoms with Crippen molar-refractivity contribution in [3.05, 3.63) is 72.8 Å². The van der Waals surface area contributed by atoms with Crippen LogP contribution in [0, 0.1) is 5.82 Å². The lowest BCUT2D eigenvalue weighted by atomic mass is 9.94. The number of sulfonamides is 1. The normalized spacial score (nSPS) is 10.6. The largest absolute Gasteiger partial charge is 0.412 e. The first-order valence-corrected chi connectivity index (χ1v) is 11.7. The van der Waals surface area contributed by atoms with Crippen LogP contribution in [0.25, 0.3) is 22.4 Å². The van der Waals surface area contributed by atoms with Gasteiger partial charge < -0.3 is 21.5 Å². The van der Waals surface area contributed by atoms with Gasteiger partial charge in [0, 0.05) is 17.0 Å². The lowest BCUT2D eigenvalue weighted by Crippen LogP contribution is -2.13. The first-order chi connectivity index (χ1) is 15.8. The molecule has 0 fully saturated rings. The Kier molecular flexibility index (Phi) is 15.3. The van der Waals surface area contributed by atoms with Crippen molar-refractivity contribution in [2.24, 2.45) is 16.6 Å². The number of thiol groups is 2. The zero-order chi connectivity index (χ0) is 26.1. The van der Waals surface area contributed by atoms with Crippen molar-refractivity contribution in [3.63, 3.8) is 0 Å². The number of allylic oxidation sites excluding steroid dienone is 1. The number of nitrogens with two attached hydrogens (primary N) is 3. The molecule has 1 unspecified atom stereocenters. The SMILES string of the molecule is C.C=CC(C)c1onc(-c2ccc(F)cc2)c1-c1ccccc1S(N)(=O)=O.NC(=O)S.NC(=O)S.O. The standard InChI is InChI=1S/C19H17FN2O3S.2CH3NOS.CH4.H2O/c1-3-12(2)19-17(15-6-4-5-7-16(15)26(21,23)24)18(22-25-19)13-8-10-14(20)11-9-13;2*2-1(3)4;;/h3-12H,1H2,2H3,(H2,21,23,24);2*(H3,2,3,4);1H4;1H2. The monoisotopic (exact) mass is 560 g/mol. The Balaban J connectivity index is 0. The number of hydrogen-bond acceptors (Lipinski definition) is 6. The fourth-order valence-electron chi connectivity index (χ4n) is 2.71. The summed E-state index contributed by atoms with van der Waals surface area (Å²) in [4.78, 5) is 18.1. The molecule has 0 spiro atoms. The third kappa shape index (κ3) is 10.6. The van der Waals surface area contributed by atoms with Gasteiger partial charge in [-0.25, -0.2) is 17.9 Å². The van der Waals surface area contributed by atoms with Gasteiger partial charge in [-0.2, -0.15) is 0 Å². The molecule has 0 aliphatic rings. The number of benzene rings is 2. The van der Waals surface area contributed by atoms with Gasteiger partial charge in [0.15, 0.2) is 5.76 Å². The molecule has 1 heterocycles. The summed E-state index contributed by atoms with van der Waals surface area (Å²) in [5.74, 6) is -0.154. The predicted molar refractivity (Wildman–Crippen MR) is 145 cm³/mol. The van der Waals surface area contributed by atoms with E-state index in [-0.39, 0.29) is 29.5 Å². The van der Waals surface area contributed by atoms with E-state index in [9.17, 15) is 12.8 Å². The third-order valence-electron chi connectivity index (χ3n) is 4.07. The van der Waals surface area contributed by atoms with Crippen molar-refractivity contribution < 1.29 is 32.4 Å². The van der Waals surface area contributed by atoms with E-state index >= 15 is 0 Å². The van der Waals surface area contributed by atoms with E-state index < -0.39 is 20.5 Å². The molecular weight excluding hydrogens is 531 g/mol. The van der Waals surface area contributed by atoms with Crippen molar-refractivity contribution in [2.45, 2.75) is 25.2 Å². The van der Waals surface area contributed by atoms with Crippen molar-refractivity contribution in [1.82, 2.24) is 5.16 Å². The molecular formula is C22H29FN4O6S3. The summed E-state index contributed by atoms with van der Waals surface area (Å²) in [6.45, 7) is 5.61. The molecule has 0 aliphatic heterocycles. The van der Waals surface area contributed by atoms with E-state index in [1.807, 2.05) is 6.92 Å². The second-order valence-corrected chi connectivity index (χ2v) is 8.93. The number of rotatable bonds is 5. The van der Waals surface area contributed by atoms with Crippen LogP contribution >= 0.6 is 25.3 Å². The molecule has 2 amide bonds. The van der Waals surface area contributed by atoms with Gasteiger partial charge in [-0.15, -0.1) is 6.58 Å². The average Bonchev–Trinajstić information content (AvgIpc) is 3.17. The number of aromatic nitrogens is 1. The lowest BCUT2D eigenvalue weighted by Gasteiger charge is -2.11. The van der Waals surface area contributed by atoms with Gasteiger partial charge in [-0.1, -0.05) is 69.0 Å². The maximum absolute atomic E-state index is 13.3. The van der Waals surface area contributed by atoms with E-state index in [2.05, 4.69) is 48.5 Å². The summed E-state index contributed by atoms with van der Waals surface area (Å²) >= 11 is 6.21. The highest BCUT2D eigenvalue weighted by molar-refractivity contribution is 7.96. The van der Waals surface area contributed by atoms with Crippen molar-refractivity contribution >= 4 is 45.8 Å². The Hall–Kier alpha value is -3.17. The molecule has 36 heavy (non-hydrogen) atoms. The number of primary sulfonamides is 1. The van der Waals surface area contributed by atoms with Crippen LogP contribution in [0.3, 0.4) is 0 Å². The van der Waals surface area contributed by atoms with Crippen molar-refractivity contribution in [2.75, 3.05) is 0 Å². The molecule has 0 radical (unpaired) electrons. The summed E-state index contributed by atoms with van der Waals surface area (Å²) in [5, 5.41) is 8.21. The van der Waals surface area contributed by atoms with Gasteiger partial charge in [0.2, 0.25) is 10.0 Å². The molecule has 3 rings (SSSR count). The molecule has 8 N–H and O–H groups in total. The summed E-state index contributed by atoms with van der Waals surface area (Å²) in [6.07, 6.45) is 1.66. The highest BCUT2D eigenvalue weighted by Gasteiger charge is 2.26. The highest BCUT2D eigenvalue weighted by atomic mass is 32.2. The fourth-order valence-corrected chi connectivity index (χ4v) is 3.45. The zero-order valence-electron chi connectivity index (χ0n) is 18.4. The molecule has 1 aromatic heterocycles. The average molecular weight is 561 g/mol. The molecule has 0 saturated heterocycles. The summed E-state index contributed by atoms with van der Waals surface area (Å²) in [6, 6.07) is 12.1. The highest BCUT2D eigenvalue weighted by Crippen LogP contribution is 2.40. The number of carbonyl (C=O) groups excluding carboxylic acids is 2. The molecule has 3 aromatic rings. The number of nitrogens with zero attached hydrogens (tertiary/aromatic N) is 1. The Labute approximate surface area is 219 Å². The first kappa shape index (κ1) is 35.0. The minimum absolute atomic E-state index is 0. The van der Waals surface area contributed by atoms with E-state index in [1.165, 1.54) is 18.2 Å². The van der Waals surface area contributed by atoms with Gasteiger partial charge in [-0.05, 0) is 30.3 Å². The molecule has 2 aromatic carbocycles. The number of primary amides is 2. The van der Waals surface area contributed by atoms with Crippen LogP contribution < -0.4 is 16.6 Å². The molecule has 198 valence electrons. The number of hydrogen-bond donors (Lipinski definition) is 5. The Morgan fingerprint density at radius 1 is 1.08 bits per heavy atom. The van der Waals surface area contributed by atoms with E-state index in [0.29, 0.717) is 28.1 Å². The van der Waals surface area contributed by atoms with Crippen molar-refractivity contribution in [1.29, 1.82) is 0 Å². The van der Waals surface area contributed by atoms with Gasteiger partial charge in [0.1, 0.15) is 11.5 Å². The molecule has 10 nitrogen and oxygen atoms in total. The first-order valence-electron chi connectivity index (χ1n) is 9.26. The molecule has 0 saturated carbocycles. The predicted octanol–water partition coefficient (Wildman–Crippen LogP) is 3.89. The van der Waals surface area contributed by atoms with Crippen LogP contribution in [0.4, 0.5) is 14.0 Å². The van der Waals surface area contributed by atoms with Crippen LogP contribution in [-0.2, 0) is 10.0 Å². The Morgan fingerprint density at radius 2 is 1.56 bits per heavy atom. The Morgan fingerprint density at radius 3 is 2.00 bits per heavy atom. The van der Waals surface area contributed by atoms with E-state index in [0.717, 1.165) is 0 Å². The van der Waals surface area contributed by atoms with Crippen LogP contribution in [0.5, 0.6) is 0 Å². The molecule has 0 bridgehead atoms. The molecule has 14 heteroatoms. The van der Waals surface area contributed by atoms with Crippen LogP contribution in [-0.4, -0.2) is 29.5 Å². The topological polar surface area (TPSA) is 204 Å². The lowest BCUT2D eigenvalue weighted by molar-refractivity contribution is 0.266. The quantitative estimate of drug-likeness (QED) is 0.231. The number of halogens is 1. The van der Waals surface area contributed by atoms with E-state index in [4.69, 9.17) is 19.3 Å². The smallest absolute Gasteiger partial charge is 0.273 e. The van der Waals surface area contributed by atoms with Gasteiger partial charge in [-0.3, -0.25) is 9.59 Å². The molecule has 1 atom stereocenters. The zero-order valence-corrected chi connectivity index (χ0v) is 21.0. The molecule has 0 aliphatic carbocycles. The maximum Gasteiger partial charge on any atom is 0.273 e. The second kappa shape index (κ2) is 15.7. The number of carbonyl (C=O) groups is 2. The minimum Gasteiger partial charge on any atom is -0.412 e. The van der Waals surface area contributed by atoms with Crippen LogP contribution in [0.1, 0.15) is 26.0 Å². The van der Waals surface area contributed by atoms with Gasteiger partial charge in [0.25, 0.3) is 10.5 Å². The summed E-state index contributed by atoms with van der Waals surface area (Å²) in [7, 11) is -3.97. The third-order valence-corrected chi connectivity index (χ3v) is 5.04. The van der Waals surface area contributed by atoms with Crippen LogP contribution in [0.15, 0.2) is 70.6 Å². The number of amides is 2. The Bertz CT molecular complexity index is 1250. The van der Waals surface area contributed by atoms with Crippen LogP contribution in [0.2, 0.25) is 0 Å². The summed E-state index contributed by atoms with van der Waals surface area (Å²) in [5.41, 5.74) is 10.5.